The van der Waals surface area contributed by atoms with Crippen LogP contribution in [0.1, 0.15) is 31.5 Å². The first-order chi connectivity index (χ1) is 10.3. The first-order valence-corrected chi connectivity index (χ1v) is 7.78. The lowest BCUT2D eigenvalue weighted by molar-refractivity contribution is -0.386. The van der Waals surface area contributed by atoms with Crippen molar-refractivity contribution in [2.24, 2.45) is 0 Å². The van der Waals surface area contributed by atoms with Gasteiger partial charge in [-0.05, 0) is 12.1 Å². The van der Waals surface area contributed by atoms with E-state index < -0.39 is 16.4 Å². The van der Waals surface area contributed by atoms with Crippen LogP contribution in [0.5, 0.6) is 0 Å². The summed E-state index contributed by atoms with van der Waals surface area (Å²) in [6, 6.07) is 4.04. The van der Waals surface area contributed by atoms with Gasteiger partial charge in [-0.3, -0.25) is 10.1 Å². The number of nitro groups is 1. The van der Waals surface area contributed by atoms with E-state index in [1.54, 1.807) is 11.3 Å². The van der Waals surface area contributed by atoms with Gasteiger partial charge in [0.05, 0.1) is 15.6 Å². The number of nitrogens with one attached hydrogen (secondary N) is 1. The van der Waals surface area contributed by atoms with Gasteiger partial charge >= 0.3 is 5.69 Å². The zero-order valence-electron chi connectivity index (χ0n) is 12.7. The van der Waals surface area contributed by atoms with Gasteiger partial charge in [-0.15, -0.1) is 11.3 Å². The van der Waals surface area contributed by atoms with Crippen molar-refractivity contribution in [3.8, 4) is 0 Å². The van der Waals surface area contributed by atoms with E-state index in [4.69, 9.17) is 0 Å². The molecule has 7 heteroatoms. The summed E-state index contributed by atoms with van der Waals surface area (Å²) in [6.07, 6.45) is 0.625. The number of benzene rings is 1. The van der Waals surface area contributed by atoms with Crippen molar-refractivity contribution in [2.75, 3.05) is 11.9 Å². The number of hydrogen-bond acceptors (Lipinski definition) is 5. The molecule has 0 radical (unpaired) electrons. The van der Waals surface area contributed by atoms with Crippen LogP contribution in [0.15, 0.2) is 23.6 Å². The summed E-state index contributed by atoms with van der Waals surface area (Å²) >= 11 is 1.61. The first kappa shape index (κ1) is 16.4. The van der Waals surface area contributed by atoms with E-state index in [-0.39, 0.29) is 11.1 Å². The standard InChI is InChI=1S/C15H18FN3O2S/c1-15(2,3)14-18-10(9-22-14)7-8-17-12-6-4-5-11(16)13(12)19(20)21/h4-6,9,17H,7-8H2,1-3H3. The second-order valence-corrected chi connectivity index (χ2v) is 6.82. The monoisotopic (exact) mass is 323 g/mol. The fraction of sp³-hybridized carbons (Fsp3) is 0.400. The first-order valence-electron chi connectivity index (χ1n) is 6.90. The molecule has 1 aromatic carbocycles. The van der Waals surface area contributed by atoms with Crippen molar-refractivity contribution in [3.63, 3.8) is 0 Å². The molecule has 0 aliphatic rings. The molecule has 2 aromatic rings. The number of rotatable bonds is 5. The Kier molecular flexibility index (Phi) is 4.75. The molecule has 0 atom stereocenters. The van der Waals surface area contributed by atoms with Gasteiger partial charge in [-0.2, -0.15) is 4.39 Å². The molecular weight excluding hydrogens is 305 g/mol. The molecule has 5 nitrogen and oxygen atoms in total. The maximum absolute atomic E-state index is 13.5. The van der Waals surface area contributed by atoms with E-state index in [1.165, 1.54) is 12.1 Å². The van der Waals surface area contributed by atoms with Gasteiger partial charge in [-0.25, -0.2) is 4.98 Å². The Hall–Kier alpha value is -2.02. The molecule has 2 rings (SSSR count). The number of aromatic nitrogens is 1. The van der Waals surface area contributed by atoms with Crippen LogP contribution in [0.3, 0.4) is 0 Å². The Bertz CT molecular complexity index is 680. The predicted octanol–water partition coefficient (Wildman–Crippen LogP) is 4.14. The minimum Gasteiger partial charge on any atom is -0.379 e. The molecule has 1 N–H and O–H groups in total. The number of anilines is 1. The SMILES string of the molecule is CC(C)(C)c1nc(CCNc2cccc(F)c2[N+](=O)[O-])cs1. The van der Waals surface area contributed by atoms with Crippen molar-refractivity contribution in [3.05, 3.63) is 50.2 Å². The largest absolute Gasteiger partial charge is 0.379 e. The van der Waals surface area contributed by atoms with E-state index in [9.17, 15) is 14.5 Å². The minimum atomic E-state index is -0.835. The summed E-state index contributed by atoms with van der Waals surface area (Å²) in [4.78, 5) is 14.8. The number of halogens is 1. The van der Waals surface area contributed by atoms with Gasteiger partial charge in [-0.1, -0.05) is 26.8 Å². The van der Waals surface area contributed by atoms with Crippen LogP contribution in [-0.4, -0.2) is 16.5 Å². The zero-order chi connectivity index (χ0) is 16.3. The van der Waals surface area contributed by atoms with Gasteiger partial charge in [0, 0.05) is 23.8 Å². The summed E-state index contributed by atoms with van der Waals surface area (Å²) in [5.74, 6) is -0.835. The Morgan fingerprint density at radius 3 is 2.73 bits per heavy atom. The van der Waals surface area contributed by atoms with Crippen molar-refractivity contribution < 1.29 is 9.31 Å². The molecule has 0 saturated heterocycles. The van der Waals surface area contributed by atoms with Gasteiger partial charge in [0.1, 0.15) is 5.69 Å². The highest BCUT2D eigenvalue weighted by Gasteiger charge is 2.20. The third-order valence-corrected chi connectivity index (χ3v) is 4.38. The summed E-state index contributed by atoms with van der Waals surface area (Å²) < 4.78 is 13.5. The highest BCUT2D eigenvalue weighted by Crippen LogP contribution is 2.28. The molecular formula is C15H18FN3O2S. The molecule has 22 heavy (non-hydrogen) atoms. The molecule has 0 saturated carbocycles. The maximum Gasteiger partial charge on any atom is 0.327 e. The summed E-state index contributed by atoms with van der Waals surface area (Å²) in [6.45, 7) is 6.76. The number of nitrogens with zero attached hydrogens (tertiary/aromatic N) is 2. The van der Waals surface area contributed by atoms with Crippen LogP contribution in [0.25, 0.3) is 0 Å². The van der Waals surface area contributed by atoms with Crippen LogP contribution < -0.4 is 5.32 Å². The van der Waals surface area contributed by atoms with E-state index >= 15 is 0 Å². The highest BCUT2D eigenvalue weighted by atomic mass is 32.1. The maximum atomic E-state index is 13.5. The molecule has 0 unspecified atom stereocenters. The fourth-order valence-electron chi connectivity index (χ4n) is 1.94. The Balaban J connectivity index is 2.02. The molecule has 0 bridgehead atoms. The summed E-state index contributed by atoms with van der Waals surface area (Å²) in [5.41, 5.74) is 0.617. The third kappa shape index (κ3) is 3.79. The number of para-hydroxylation sites is 1. The summed E-state index contributed by atoms with van der Waals surface area (Å²) in [5, 5.41) is 16.9. The van der Waals surface area contributed by atoms with E-state index in [0.717, 1.165) is 16.8 Å². The van der Waals surface area contributed by atoms with Crippen LogP contribution >= 0.6 is 11.3 Å². The Morgan fingerprint density at radius 1 is 1.41 bits per heavy atom. The Morgan fingerprint density at radius 2 is 2.14 bits per heavy atom. The molecule has 0 spiro atoms. The number of hydrogen-bond donors (Lipinski definition) is 1. The molecule has 118 valence electrons. The lowest BCUT2D eigenvalue weighted by Gasteiger charge is -2.13. The van der Waals surface area contributed by atoms with Crippen LogP contribution in [0.4, 0.5) is 15.8 Å². The Labute approximate surface area is 132 Å². The molecule has 0 fully saturated rings. The van der Waals surface area contributed by atoms with E-state index in [0.29, 0.717) is 13.0 Å². The molecule has 1 aromatic heterocycles. The third-order valence-electron chi connectivity index (χ3n) is 3.06. The van der Waals surface area contributed by atoms with Gasteiger partial charge in [0.2, 0.25) is 5.82 Å². The van der Waals surface area contributed by atoms with Crippen LogP contribution in [0, 0.1) is 15.9 Å². The second kappa shape index (κ2) is 6.39. The predicted molar refractivity (Wildman–Crippen MR) is 86.1 cm³/mol. The van der Waals surface area contributed by atoms with Crippen molar-refractivity contribution in [1.29, 1.82) is 0 Å². The van der Waals surface area contributed by atoms with Gasteiger partial charge in [0.25, 0.3) is 0 Å². The fourth-order valence-corrected chi connectivity index (χ4v) is 2.88. The minimum absolute atomic E-state index is 0.0116. The smallest absolute Gasteiger partial charge is 0.327 e. The average Bonchev–Trinajstić information content (AvgIpc) is 2.87. The highest BCUT2D eigenvalue weighted by molar-refractivity contribution is 7.09. The second-order valence-electron chi connectivity index (χ2n) is 5.96. The van der Waals surface area contributed by atoms with Crippen LogP contribution in [-0.2, 0) is 11.8 Å². The summed E-state index contributed by atoms with van der Waals surface area (Å²) in [7, 11) is 0. The number of thiazole rings is 1. The van der Waals surface area contributed by atoms with Gasteiger partial charge in [0.15, 0.2) is 0 Å². The normalized spacial score (nSPS) is 11.5. The molecule has 0 aliphatic heterocycles. The van der Waals surface area contributed by atoms with Crippen LogP contribution in [0.2, 0.25) is 0 Å². The van der Waals surface area contributed by atoms with Crippen molar-refractivity contribution >= 4 is 22.7 Å². The molecule has 0 amide bonds. The molecule has 1 heterocycles. The van der Waals surface area contributed by atoms with E-state index in [2.05, 4.69) is 31.1 Å². The topological polar surface area (TPSA) is 68.1 Å². The van der Waals surface area contributed by atoms with Crippen molar-refractivity contribution in [2.45, 2.75) is 32.6 Å². The molecule has 0 aliphatic carbocycles. The zero-order valence-corrected chi connectivity index (χ0v) is 13.5. The lowest BCUT2D eigenvalue weighted by Crippen LogP contribution is -2.11. The van der Waals surface area contributed by atoms with Gasteiger partial charge < -0.3 is 5.32 Å². The number of nitro benzene ring substituents is 1. The van der Waals surface area contributed by atoms with E-state index in [1.807, 2.05) is 5.38 Å². The van der Waals surface area contributed by atoms with Crippen molar-refractivity contribution in [1.82, 2.24) is 4.98 Å². The lowest BCUT2D eigenvalue weighted by atomic mass is 9.98. The average molecular weight is 323 g/mol. The quantitative estimate of drug-likeness (QED) is 0.663.